The summed E-state index contributed by atoms with van der Waals surface area (Å²) in [4.78, 5) is 36.4. The normalized spacial score (nSPS) is 18.5. The third-order valence-corrected chi connectivity index (χ3v) is 5.01. The van der Waals surface area contributed by atoms with E-state index in [2.05, 4.69) is 0 Å². The summed E-state index contributed by atoms with van der Waals surface area (Å²) in [6, 6.07) is 7.27. The number of hydrogen-bond acceptors (Lipinski definition) is 3. The van der Waals surface area contributed by atoms with Gasteiger partial charge < -0.3 is 14.8 Å². The third-order valence-electron chi connectivity index (χ3n) is 5.01. The Bertz CT molecular complexity index is 908. The molecule has 0 radical (unpaired) electrons. The highest BCUT2D eigenvalue weighted by Crippen LogP contribution is 2.40. The summed E-state index contributed by atoms with van der Waals surface area (Å²) < 4.78 is 1.63. The van der Waals surface area contributed by atoms with E-state index in [1.807, 2.05) is 12.1 Å². The minimum Gasteiger partial charge on any atom is -0.481 e. The zero-order valence-electron chi connectivity index (χ0n) is 12.8. The van der Waals surface area contributed by atoms with Crippen LogP contribution in [0.2, 0.25) is 0 Å². The molecule has 2 heterocycles. The van der Waals surface area contributed by atoms with Crippen molar-refractivity contribution in [2.45, 2.75) is 31.7 Å². The predicted octanol–water partition coefficient (Wildman–Crippen LogP) is 2.09. The van der Waals surface area contributed by atoms with Crippen molar-refractivity contribution in [1.82, 2.24) is 4.57 Å². The number of carbonyl (C=O) groups excluding carboxylic acids is 1. The number of aromatic carboxylic acids is 1. The maximum absolute atomic E-state index is 13.0. The number of benzene rings is 1. The first kappa shape index (κ1) is 14.7. The third kappa shape index (κ3) is 1.86. The van der Waals surface area contributed by atoms with E-state index >= 15 is 0 Å². The molecule has 1 aromatic carbocycles. The summed E-state index contributed by atoms with van der Waals surface area (Å²) in [5.74, 6) is -3.28. The maximum atomic E-state index is 13.0. The molecule has 1 aliphatic carbocycles. The second-order valence-corrected chi connectivity index (χ2v) is 6.21. The topological polar surface area (TPSA) is 96.6 Å². The number of fused-ring (bicyclic) bond motifs is 4. The first-order valence-electron chi connectivity index (χ1n) is 7.84. The van der Waals surface area contributed by atoms with Crippen molar-refractivity contribution < 1.29 is 24.6 Å². The molecule has 1 unspecified atom stereocenters. The molecule has 0 fully saturated rings. The number of hydrogen-bond donors (Lipinski definition) is 2. The van der Waals surface area contributed by atoms with Crippen molar-refractivity contribution in [3.05, 3.63) is 57.9 Å². The lowest BCUT2D eigenvalue weighted by Gasteiger charge is -2.08. The van der Waals surface area contributed by atoms with Crippen LogP contribution in [0.5, 0.6) is 0 Å². The standard InChI is InChI=1S/C18H15NO5/c20-16-10-4-2-1-3-9(10)5-6-11-13(18(23)24)14-12(17(21)22)7-8-19(14)15(11)16/h1-4,12H,5-8H2,(H,21,22)(H,23,24). The lowest BCUT2D eigenvalue weighted by molar-refractivity contribution is -0.138. The fourth-order valence-electron chi connectivity index (χ4n) is 4.01. The van der Waals surface area contributed by atoms with Gasteiger partial charge in [0.1, 0.15) is 0 Å². The number of carboxylic acid groups (broad SMARTS) is 2. The highest BCUT2D eigenvalue weighted by atomic mass is 16.4. The van der Waals surface area contributed by atoms with E-state index in [1.54, 1.807) is 16.7 Å². The molecular weight excluding hydrogens is 310 g/mol. The van der Waals surface area contributed by atoms with Gasteiger partial charge in [0.05, 0.1) is 17.2 Å². The van der Waals surface area contributed by atoms with E-state index in [9.17, 15) is 24.6 Å². The molecule has 2 aliphatic rings. The minimum atomic E-state index is -1.16. The van der Waals surface area contributed by atoms with Gasteiger partial charge >= 0.3 is 11.9 Å². The number of carbonyl (C=O) groups is 3. The van der Waals surface area contributed by atoms with Gasteiger partial charge in [0.2, 0.25) is 5.78 Å². The van der Waals surface area contributed by atoms with Crippen LogP contribution >= 0.6 is 0 Å². The fraction of sp³-hybridized carbons (Fsp3) is 0.278. The van der Waals surface area contributed by atoms with Gasteiger partial charge in [-0.1, -0.05) is 24.3 Å². The molecule has 0 bridgehead atoms. The van der Waals surface area contributed by atoms with E-state index in [-0.39, 0.29) is 17.0 Å². The zero-order chi connectivity index (χ0) is 17.0. The molecule has 1 atom stereocenters. The van der Waals surface area contributed by atoms with Crippen LogP contribution in [0.4, 0.5) is 0 Å². The van der Waals surface area contributed by atoms with E-state index in [1.165, 1.54) is 0 Å². The molecular formula is C18H15NO5. The average molecular weight is 325 g/mol. The van der Waals surface area contributed by atoms with Crippen molar-refractivity contribution >= 4 is 17.7 Å². The van der Waals surface area contributed by atoms with Gasteiger partial charge in [0.15, 0.2) is 0 Å². The summed E-state index contributed by atoms with van der Waals surface area (Å²) in [7, 11) is 0. The quantitative estimate of drug-likeness (QED) is 0.881. The molecule has 2 aromatic rings. The van der Waals surface area contributed by atoms with E-state index in [0.29, 0.717) is 42.6 Å². The van der Waals surface area contributed by atoms with Crippen LogP contribution < -0.4 is 0 Å². The first-order chi connectivity index (χ1) is 11.5. The van der Waals surface area contributed by atoms with Crippen molar-refractivity contribution in [3.8, 4) is 0 Å². The molecule has 6 heteroatoms. The number of aliphatic carboxylic acids is 1. The van der Waals surface area contributed by atoms with Gasteiger partial charge in [0.25, 0.3) is 0 Å². The molecule has 0 spiro atoms. The van der Waals surface area contributed by atoms with E-state index in [4.69, 9.17) is 0 Å². The highest BCUT2D eigenvalue weighted by Gasteiger charge is 2.41. The Balaban J connectivity index is 2.00. The number of nitrogens with zero attached hydrogens (tertiary/aromatic N) is 1. The number of carboxylic acids is 2. The van der Waals surface area contributed by atoms with Crippen LogP contribution in [0.1, 0.15) is 55.6 Å². The Morgan fingerprint density at radius 3 is 2.58 bits per heavy atom. The van der Waals surface area contributed by atoms with E-state index < -0.39 is 17.9 Å². The minimum absolute atomic E-state index is 0.0102. The van der Waals surface area contributed by atoms with Gasteiger partial charge in [-0.2, -0.15) is 0 Å². The molecule has 24 heavy (non-hydrogen) atoms. The number of aryl methyl sites for hydroxylation is 1. The molecule has 4 rings (SSSR count). The average Bonchev–Trinajstić information content (AvgIpc) is 3.05. The van der Waals surface area contributed by atoms with Crippen LogP contribution in [-0.2, 0) is 24.2 Å². The van der Waals surface area contributed by atoms with Gasteiger partial charge in [0, 0.05) is 17.8 Å². The monoisotopic (exact) mass is 325 g/mol. The molecule has 1 aliphatic heterocycles. The smallest absolute Gasteiger partial charge is 0.337 e. The maximum Gasteiger partial charge on any atom is 0.337 e. The van der Waals surface area contributed by atoms with Gasteiger partial charge in [-0.05, 0) is 30.4 Å². The molecule has 0 amide bonds. The Morgan fingerprint density at radius 2 is 1.88 bits per heavy atom. The SMILES string of the molecule is O=C(O)c1c2c(n3c1C(C(=O)O)CC3)C(=O)c1ccccc1CC2. The molecule has 122 valence electrons. The van der Waals surface area contributed by atoms with Crippen LogP contribution in [-0.4, -0.2) is 32.5 Å². The lowest BCUT2D eigenvalue weighted by Crippen LogP contribution is -2.13. The number of ketones is 1. The highest BCUT2D eigenvalue weighted by molar-refractivity contribution is 6.12. The van der Waals surface area contributed by atoms with Gasteiger partial charge in [-0.3, -0.25) is 9.59 Å². The first-order valence-corrected chi connectivity index (χ1v) is 7.84. The van der Waals surface area contributed by atoms with Crippen LogP contribution in [0.25, 0.3) is 0 Å². The largest absolute Gasteiger partial charge is 0.481 e. The Labute approximate surface area is 137 Å². The number of rotatable bonds is 2. The second-order valence-electron chi connectivity index (χ2n) is 6.21. The predicted molar refractivity (Wildman–Crippen MR) is 83.7 cm³/mol. The Kier molecular flexibility index (Phi) is 3.09. The van der Waals surface area contributed by atoms with Gasteiger partial charge in [-0.25, -0.2) is 4.79 Å². The van der Waals surface area contributed by atoms with Crippen LogP contribution in [0.15, 0.2) is 24.3 Å². The Morgan fingerprint density at radius 1 is 1.12 bits per heavy atom. The van der Waals surface area contributed by atoms with Gasteiger partial charge in [-0.15, -0.1) is 0 Å². The van der Waals surface area contributed by atoms with Crippen molar-refractivity contribution in [2.75, 3.05) is 0 Å². The van der Waals surface area contributed by atoms with Crippen molar-refractivity contribution in [3.63, 3.8) is 0 Å². The summed E-state index contributed by atoms with van der Waals surface area (Å²) in [5, 5.41) is 19.1. The second kappa shape index (κ2) is 5.06. The molecule has 0 saturated carbocycles. The van der Waals surface area contributed by atoms with E-state index in [0.717, 1.165) is 5.56 Å². The van der Waals surface area contributed by atoms with Crippen molar-refractivity contribution in [1.29, 1.82) is 0 Å². The van der Waals surface area contributed by atoms with Crippen molar-refractivity contribution in [2.24, 2.45) is 0 Å². The molecule has 2 N–H and O–H groups in total. The fourth-order valence-corrected chi connectivity index (χ4v) is 4.01. The summed E-state index contributed by atoms with van der Waals surface area (Å²) in [6.07, 6.45) is 1.30. The lowest BCUT2D eigenvalue weighted by atomic mass is 9.96. The zero-order valence-corrected chi connectivity index (χ0v) is 12.8. The molecule has 1 aromatic heterocycles. The van der Waals surface area contributed by atoms with Crippen LogP contribution in [0, 0.1) is 0 Å². The Hall–Kier alpha value is -2.89. The molecule has 0 saturated heterocycles. The summed E-state index contributed by atoms with van der Waals surface area (Å²) in [6.45, 7) is 0.357. The molecule has 6 nitrogen and oxygen atoms in total. The summed E-state index contributed by atoms with van der Waals surface area (Å²) >= 11 is 0. The summed E-state index contributed by atoms with van der Waals surface area (Å²) in [5.41, 5.74) is 2.59. The van der Waals surface area contributed by atoms with Crippen LogP contribution in [0.3, 0.4) is 0 Å². The number of aromatic nitrogens is 1.